The number of nitrogens with zero attached hydrogens (tertiary/aromatic N) is 2. The lowest BCUT2D eigenvalue weighted by atomic mass is 9.91. The molecule has 3 fully saturated rings. The van der Waals surface area contributed by atoms with Crippen LogP contribution in [-0.2, 0) is 4.79 Å². The molecule has 3 heteroatoms. The SMILES string of the molecule is CC1CN2CCCC2CN1C1CCC(=O)CC1. The topological polar surface area (TPSA) is 23.6 Å². The molecule has 2 aliphatic heterocycles. The molecule has 0 spiro atoms. The van der Waals surface area contributed by atoms with E-state index in [1.54, 1.807) is 0 Å². The van der Waals surface area contributed by atoms with Crippen LogP contribution < -0.4 is 0 Å². The van der Waals surface area contributed by atoms with Crippen LogP contribution in [0.15, 0.2) is 0 Å². The third-order valence-electron chi connectivity index (χ3n) is 4.97. The molecule has 0 N–H and O–H groups in total. The molecule has 2 heterocycles. The van der Waals surface area contributed by atoms with Gasteiger partial charge in [-0.25, -0.2) is 0 Å². The molecule has 0 aromatic heterocycles. The summed E-state index contributed by atoms with van der Waals surface area (Å²) in [6.07, 6.45) is 6.62. The van der Waals surface area contributed by atoms with Crippen LogP contribution in [0.3, 0.4) is 0 Å². The number of carbonyl (C=O) groups is 1. The van der Waals surface area contributed by atoms with Crippen LogP contribution >= 0.6 is 0 Å². The van der Waals surface area contributed by atoms with Crippen molar-refractivity contribution < 1.29 is 4.79 Å². The van der Waals surface area contributed by atoms with E-state index >= 15 is 0 Å². The summed E-state index contributed by atoms with van der Waals surface area (Å²) in [7, 11) is 0. The number of piperazine rings is 1. The monoisotopic (exact) mass is 236 g/mol. The van der Waals surface area contributed by atoms with E-state index < -0.39 is 0 Å². The summed E-state index contributed by atoms with van der Waals surface area (Å²) in [5, 5.41) is 0. The van der Waals surface area contributed by atoms with Gasteiger partial charge in [-0.1, -0.05) is 0 Å². The molecule has 17 heavy (non-hydrogen) atoms. The van der Waals surface area contributed by atoms with Gasteiger partial charge in [-0.05, 0) is 39.2 Å². The summed E-state index contributed by atoms with van der Waals surface area (Å²) in [5.74, 6) is 0.480. The number of hydrogen-bond donors (Lipinski definition) is 0. The van der Waals surface area contributed by atoms with E-state index in [4.69, 9.17) is 0 Å². The number of rotatable bonds is 1. The Kier molecular flexibility index (Phi) is 3.22. The van der Waals surface area contributed by atoms with Crippen LogP contribution in [-0.4, -0.2) is 53.3 Å². The van der Waals surface area contributed by atoms with Gasteiger partial charge in [0.15, 0.2) is 0 Å². The highest BCUT2D eigenvalue weighted by Crippen LogP contribution is 2.29. The molecule has 2 saturated heterocycles. The number of fused-ring (bicyclic) bond motifs is 1. The second-order valence-electron chi connectivity index (χ2n) is 6.11. The molecular formula is C14H24N2O. The molecule has 3 rings (SSSR count). The normalized spacial score (nSPS) is 37.4. The van der Waals surface area contributed by atoms with Crippen LogP contribution in [0.1, 0.15) is 45.4 Å². The van der Waals surface area contributed by atoms with Crippen LogP contribution in [0.25, 0.3) is 0 Å². The third-order valence-corrected chi connectivity index (χ3v) is 4.97. The van der Waals surface area contributed by atoms with Crippen molar-refractivity contribution in [3.63, 3.8) is 0 Å². The van der Waals surface area contributed by atoms with E-state index in [0.29, 0.717) is 17.9 Å². The Morgan fingerprint density at radius 3 is 2.59 bits per heavy atom. The van der Waals surface area contributed by atoms with Crippen molar-refractivity contribution in [3.05, 3.63) is 0 Å². The van der Waals surface area contributed by atoms with Gasteiger partial charge in [-0.15, -0.1) is 0 Å². The highest BCUT2D eigenvalue weighted by molar-refractivity contribution is 5.79. The minimum atomic E-state index is 0.480. The second-order valence-corrected chi connectivity index (χ2v) is 6.11. The summed E-state index contributed by atoms with van der Waals surface area (Å²) >= 11 is 0. The fraction of sp³-hybridized carbons (Fsp3) is 0.929. The Balaban J connectivity index is 1.64. The van der Waals surface area contributed by atoms with Gasteiger partial charge in [-0.2, -0.15) is 0 Å². The first-order chi connectivity index (χ1) is 8.24. The van der Waals surface area contributed by atoms with Crippen LogP contribution in [0.5, 0.6) is 0 Å². The van der Waals surface area contributed by atoms with Gasteiger partial charge >= 0.3 is 0 Å². The van der Waals surface area contributed by atoms with Crippen molar-refractivity contribution in [1.82, 2.24) is 9.80 Å². The molecule has 2 unspecified atom stereocenters. The molecule has 96 valence electrons. The summed E-state index contributed by atoms with van der Waals surface area (Å²) in [4.78, 5) is 16.7. The van der Waals surface area contributed by atoms with Crippen LogP contribution in [0, 0.1) is 0 Å². The number of ketones is 1. The van der Waals surface area contributed by atoms with Gasteiger partial charge in [0.05, 0.1) is 0 Å². The highest BCUT2D eigenvalue weighted by atomic mass is 16.1. The largest absolute Gasteiger partial charge is 0.300 e. The zero-order chi connectivity index (χ0) is 11.8. The summed E-state index contributed by atoms with van der Waals surface area (Å²) in [6.45, 7) is 6.17. The minimum absolute atomic E-state index is 0.480. The Labute approximate surface area is 104 Å². The quantitative estimate of drug-likeness (QED) is 0.692. The van der Waals surface area contributed by atoms with Crippen LogP contribution in [0.2, 0.25) is 0 Å². The van der Waals surface area contributed by atoms with Gasteiger partial charge in [0.1, 0.15) is 5.78 Å². The first kappa shape index (κ1) is 11.7. The molecule has 1 saturated carbocycles. The maximum absolute atomic E-state index is 11.3. The molecule has 1 aliphatic carbocycles. The van der Waals surface area contributed by atoms with Gasteiger partial charge in [0, 0.05) is 44.1 Å². The Hall–Kier alpha value is -0.410. The first-order valence-corrected chi connectivity index (χ1v) is 7.25. The zero-order valence-corrected chi connectivity index (χ0v) is 10.9. The molecular weight excluding hydrogens is 212 g/mol. The lowest BCUT2D eigenvalue weighted by Gasteiger charge is -2.47. The molecule has 0 aromatic rings. The average molecular weight is 236 g/mol. The maximum atomic E-state index is 11.3. The third kappa shape index (κ3) is 2.27. The smallest absolute Gasteiger partial charge is 0.133 e. The van der Waals surface area contributed by atoms with Gasteiger partial charge < -0.3 is 0 Å². The molecule has 0 radical (unpaired) electrons. The van der Waals surface area contributed by atoms with Crippen molar-refractivity contribution in [3.8, 4) is 0 Å². The molecule has 0 bridgehead atoms. The van der Waals surface area contributed by atoms with Gasteiger partial charge in [-0.3, -0.25) is 14.6 Å². The molecule has 3 nitrogen and oxygen atoms in total. The molecule has 3 aliphatic rings. The number of hydrogen-bond acceptors (Lipinski definition) is 3. The molecule has 2 atom stereocenters. The lowest BCUT2D eigenvalue weighted by Crippen LogP contribution is -2.58. The van der Waals surface area contributed by atoms with Crippen LogP contribution in [0.4, 0.5) is 0 Å². The fourth-order valence-electron chi connectivity index (χ4n) is 3.97. The maximum Gasteiger partial charge on any atom is 0.133 e. The van der Waals surface area contributed by atoms with E-state index in [1.165, 1.54) is 32.5 Å². The van der Waals surface area contributed by atoms with Crippen molar-refractivity contribution in [1.29, 1.82) is 0 Å². The fourth-order valence-corrected chi connectivity index (χ4v) is 3.97. The van der Waals surface area contributed by atoms with Crippen molar-refractivity contribution >= 4 is 5.78 Å². The highest BCUT2D eigenvalue weighted by Gasteiger charge is 2.37. The Morgan fingerprint density at radius 2 is 1.82 bits per heavy atom. The van der Waals surface area contributed by atoms with E-state index in [0.717, 1.165) is 31.7 Å². The van der Waals surface area contributed by atoms with Crippen molar-refractivity contribution in [2.45, 2.75) is 63.6 Å². The zero-order valence-electron chi connectivity index (χ0n) is 10.9. The van der Waals surface area contributed by atoms with Crippen molar-refractivity contribution in [2.24, 2.45) is 0 Å². The van der Waals surface area contributed by atoms with E-state index in [-0.39, 0.29) is 0 Å². The number of Topliss-reactive ketones (excluding diaryl/α,β-unsaturated/α-hetero) is 1. The number of carbonyl (C=O) groups excluding carboxylic acids is 1. The van der Waals surface area contributed by atoms with Crippen molar-refractivity contribution in [2.75, 3.05) is 19.6 Å². The van der Waals surface area contributed by atoms with Gasteiger partial charge in [0.2, 0.25) is 0 Å². The van der Waals surface area contributed by atoms with E-state index in [1.807, 2.05) is 0 Å². The standard InChI is InChI=1S/C14H24N2O/c1-11-9-15-8-2-3-13(15)10-16(11)12-4-6-14(17)7-5-12/h11-13H,2-10H2,1H3. The summed E-state index contributed by atoms with van der Waals surface area (Å²) in [6, 6.07) is 2.18. The predicted octanol–water partition coefficient (Wildman–Crippen LogP) is 1.67. The average Bonchev–Trinajstić information content (AvgIpc) is 2.76. The minimum Gasteiger partial charge on any atom is -0.300 e. The summed E-state index contributed by atoms with van der Waals surface area (Å²) in [5.41, 5.74) is 0. The Bertz CT molecular complexity index is 295. The second kappa shape index (κ2) is 4.69. The van der Waals surface area contributed by atoms with E-state index in [2.05, 4.69) is 16.7 Å². The Morgan fingerprint density at radius 1 is 1.06 bits per heavy atom. The molecule has 0 aromatic carbocycles. The first-order valence-electron chi connectivity index (χ1n) is 7.25. The van der Waals surface area contributed by atoms with Gasteiger partial charge in [0.25, 0.3) is 0 Å². The summed E-state index contributed by atoms with van der Waals surface area (Å²) < 4.78 is 0. The lowest BCUT2D eigenvalue weighted by molar-refractivity contribution is -0.121. The predicted molar refractivity (Wildman–Crippen MR) is 68.0 cm³/mol. The molecule has 0 amide bonds. The van der Waals surface area contributed by atoms with E-state index in [9.17, 15) is 4.79 Å².